The summed E-state index contributed by atoms with van der Waals surface area (Å²) in [5.41, 5.74) is 0.151. The highest BCUT2D eigenvalue weighted by Crippen LogP contribution is 2.35. The summed E-state index contributed by atoms with van der Waals surface area (Å²) in [5.74, 6) is -2.72. The predicted molar refractivity (Wildman–Crippen MR) is 73.5 cm³/mol. The Balaban J connectivity index is 2.08. The largest absolute Gasteiger partial charge is 0.481 e. The Morgan fingerprint density at radius 2 is 1.75 bits per heavy atom. The van der Waals surface area contributed by atoms with Crippen molar-refractivity contribution in [3.8, 4) is 0 Å². The summed E-state index contributed by atoms with van der Waals surface area (Å²) in [6, 6.07) is 2.11. The zero-order valence-electron chi connectivity index (χ0n) is 10.3. The van der Waals surface area contributed by atoms with E-state index in [1.807, 2.05) is 0 Å². The third kappa shape index (κ3) is 3.22. The van der Waals surface area contributed by atoms with E-state index in [4.69, 9.17) is 28.3 Å². The van der Waals surface area contributed by atoms with Gasteiger partial charge in [-0.2, -0.15) is 0 Å². The smallest absolute Gasteiger partial charge is 0.306 e. The number of carboxylic acid groups (broad SMARTS) is 1. The number of rotatable bonds is 3. The van der Waals surface area contributed by atoms with Crippen LogP contribution in [0.2, 0.25) is 10.0 Å². The molecule has 1 amide bonds. The molecule has 0 unspecified atom stereocenters. The van der Waals surface area contributed by atoms with Gasteiger partial charge in [-0.15, -0.1) is 0 Å². The van der Waals surface area contributed by atoms with Gasteiger partial charge in [0.05, 0.1) is 21.7 Å². The molecule has 1 saturated carbocycles. The molecule has 4 nitrogen and oxygen atoms in total. The summed E-state index contributed by atoms with van der Waals surface area (Å²) in [6.45, 7) is 0. The fourth-order valence-electron chi connectivity index (χ4n) is 2.33. The molecule has 0 bridgehead atoms. The molecule has 2 N–H and O–H groups in total. The Labute approximate surface area is 124 Å². The molecule has 0 aliphatic heterocycles. The van der Waals surface area contributed by atoms with Crippen LogP contribution in [-0.4, -0.2) is 17.0 Å². The van der Waals surface area contributed by atoms with E-state index in [1.165, 1.54) is 0 Å². The van der Waals surface area contributed by atoms with Crippen molar-refractivity contribution in [2.75, 3.05) is 5.32 Å². The Bertz CT molecular complexity index is 542. The van der Waals surface area contributed by atoms with Crippen molar-refractivity contribution in [2.24, 2.45) is 11.8 Å². The molecule has 1 aliphatic carbocycles. The van der Waals surface area contributed by atoms with Crippen molar-refractivity contribution >= 4 is 40.8 Å². The maximum absolute atomic E-state index is 13.0. The van der Waals surface area contributed by atoms with Gasteiger partial charge >= 0.3 is 5.97 Å². The van der Waals surface area contributed by atoms with Crippen LogP contribution in [0.4, 0.5) is 10.1 Å². The first-order chi connectivity index (χ1) is 9.38. The molecule has 2 atom stereocenters. The van der Waals surface area contributed by atoms with Crippen molar-refractivity contribution in [3.05, 3.63) is 28.0 Å². The summed E-state index contributed by atoms with van der Waals surface area (Å²) in [6.07, 6.45) is 1.26. The zero-order chi connectivity index (χ0) is 14.9. The van der Waals surface area contributed by atoms with Gasteiger partial charge in [0.1, 0.15) is 5.82 Å². The second-order valence-corrected chi connectivity index (χ2v) is 5.59. The lowest BCUT2D eigenvalue weighted by Gasteiger charge is -2.13. The maximum Gasteiger partial charge on any atom is 0.306 e. The van der Waals surface area contributed by atoms with Gasteiger partial charge in [-0.05, 0) is 31.4 Å². The molecule has 7 heteroatoms. The highest BCUT2D eigenvalue weighted by molar-refractivity contribution is 6.39. The number of nitrogens with one attached hydrogen (secondary N) is 1. The zero-order valence-corrected chi connectivity index (χ0v) is 11.8. The van der Waals surface area contributed by atoms with Crippen LogP contribution >= 0.6 is 23.2 Å². The number of carbonyl (C=O) groups excluding carboxylic acids is 1. The van der Waals surface area contributed by atoms with E-state index in [9.17, 15) is 14.0 Å². The van der Waals surface area contributed by atoms with Crippen LogP contribution in [0.25, 0.3) is 0 Å². The average molecular weight is 320 g/mol. The summed E-state index contributed by atoms with van der Waals surface area (Å²) < 4.78 is 13.0. The molecule has 0 heterocycles. The van der Waals surface area contributed by atoms with Gasteiger partial charge in [0, 0.05) is 5.92 Å². The van der Waals surface area contributed by atoms with Gasteiger partial charge in [-0.1, -0.05) is 23.2 Å². The van der Waals surface area contributed by atoms with Crippen LogP contribution in [0.15, 0.2) is 12.1 Å². The Kier molecular flexibility index (Phi) is 4.50. The van der Waals surface area contributed by atoms with Gasteiger partial charge in [0.25, 0.3) is 0 Å². The maximum atomic E-state index is 13.0. The molecule has 0 spiro atoms. The van der Waals surface area contributed by atoms with Gasteiger partial charge in [-0.25, -0.2) is 4.39 Å². The third-order valence-corrected chi connectivity index (χ3v) is 4.00. The van der Waals surface area contributed by atoms with Crippen molar-refractivity contribution in [2.45, 2.75) is 19.3 Å². The number of hydrogen-bond acceptors (Lipinski definition) is 2. The fraction of sp³-hybridized carbons (Fsp3) is 0.385. The minimum atomic E-state index is -0.891. The van der Waals surface area contributed by atoms with E-state index in [0.29, 0.717) is 12.8 Å². The number of carboxylic acids is 1. The summed E-state index contributed by atoms with van der Waals surface area (Å²) in [4.78, 5) is 22.9. The molecule has 20 heavy (non-hydrogen) atoms. The summed E-state index contributed by atoms with van der Waals surface area (Å²) in [7, 11) is 0. The summed E-state index contributed by atoms with van der Waals surface area (Å²) in [5, 5.41) is 11.5. The topological polar surface area (TPSA) is 66.4 Å². The minimum absolute atomic E-state index is 0.0103. The predicted octanol–water partition coefficient (Wildman–Crippen LogP) is 3.57. The number of hydrogen-bond donors (Lipinski definition) is 2. The fourth-order valence-corrected chi connectivity index (χ4v) is 2.89. The van der Waals surface area contributed by atoms with Gasteiger partial charge < -0.3 is 10.4 Å². The third-order valence-electron chi connectivity index (χ3n) is 3.41. The number of anilines is 1. The average Bonchev–Trinajstić information content (AvgIpc) is 2.83. The molecule has 0 aromatic heterocycles. The van der Waals surface area contributed by atoms with Crippen LogP contribution in [0.5, 0.6) is 0 Å². The minimum Gasteiger partial charge on any atom is -0.481 e. The van der Waals surface area contributed by atoms with Crippen molar-refractivity contribution in [3.63, 3.8) is 0 Å². The van der Waals surface area contributed by atoms with E-state index < -0.39 is 23.6 Å². The Hall–Kier alpha value is -1.33. The number of amides is 1. The lowest BCUT2D eigenvalue weighted by molar-refractivity contribution is -0.141. The first kappa shape index (κ1) is 15.1. The van der Waals surface area contributed by atoms with Crippen molar-refractivity contribution in [1.29, 1.82) is 0 Å². The highest BCUT2D eigenvalue weighted by Gasteiger charge is 2.34. The molecule has 2 rings (SSSR count). The van der Waals surface area contributed by atoms with Crippen LogP contribution < -0.4 is 5.32 Å². The summed E-state index contributed by atoms with van der Waals surface area (Å²) >= 11 is 11.7. The molecular weight excluding hydrogens is 308 g/mol. The van der Waals surface area contributed by atoms with Crippen LogP contribution in [0, 0.1) is 17.7 Å². The molecule has 1 aliphatic rings. The monoisotopic (exact) mass is 319 g/mol. The number of carbonyl (C=O) groups is 2. The normalized spacial score (nSPS) is 21.8. The highest BCUT2D eigenvalue weighted by atomic mass is 35.5. The quantitative estimate of drug-likeness (QED) is 0.895. The van der Waals surface area contributed by atoms with E-state index in [0.717, 1.165) is 12.1 Å². The first-order valence-electron chi connectivity index (χ1n) is 6.06. The molecule has 108 valence electrons. The van der Waals surface area contributed by atoms with Crippen molar-refractivity contribution < 1.29 is 19.1 Å². The molecule has 1 aromatic rings. The Morgan fingerprint density at radius 1 is 1.20 bits per heavy atom. The second-order valence-electron chi connectivity index (χ2n) is 4.78. The van der Waals surface area contributed by atoms with Crippen molar-refractivity contribution in [1.82, 2.24) is 0 Å². The molecule has 0 saturated heterocycles. The molecular formula is C13H12Cl2FNO3. The standard InChI is InChI=1S/C13H12Cl2FNO3/c14-9-4-8(16)5-10(15)11(9)17-12(18)6-1-2-7(3-6)13(19)20/h4-7H,1-3H2,(H,17,18)(H,19,20)/t6-,7+/m1/s1. The van der Waals surface area contributed by atoms with Crippen LogP contribution in [0.3, 0.4) is 0 Å². The second kappa shape index (κ2) is 5.97. The number of benzene rings is 1. The van der Waals surface area contributed by atoms with E-state index in [2.05, 4.69) is 5.32 Å². The lowest BCUT2D eigenvalue weighted by Crippen LogP contribution is -2.22. The first-order valence-corrected chi connectivity index (χ1v) is 6.82. The molecule has 1 fully saturated rings. The number of aliphatic carboxylic acids is 1. The molecule has 0 radical (unpaired) electrons. The van der Waals surface area contributed by atoms with Crippen LogP contribution in [0.1, 0.15) is 19.3 Å². The Morgan fingerprint density at radius 3 is 2.25 bits per heavy atom. The van der Waals surface area contributed by atoms with E-state index >= 15 is 0 Å². The van der Waals surface area contributed by atoms with Gasteiger partial charge in [0.15, 0.2) is 0 Å². The number of halogens is 3. The van der Waals surface area contributed by atoms with E-state index in [-0.39, 0.29) is 28.1 Å². The lowest BCUT2D eigenvalue weighted by atomic mass is 10.0. The van der Waals surface area contributed by atoms with E-state index in [1.54, 1.807) is 0 Å². The van der Waals surface area contributed by atoms with Gasteiger partial charge in [-0.3, -0.25) is 9.59 Å². The SMILES string of the molecule is O=C(O)[C@H]1CC[C@@H](C(=O)Nc2c(Cl)cc(F)cc2Cl)C1. The van der Waals surface area contributed by atoms with Crippen LogP contribution in [-0.2, 0) is 9.59 Å². The van der Waals surface area contributed by atoms with Gasteiger partial charge in [0.2, 0.25) is 5.91 Å². The molecule has 1 aromatic carbocycles.